The highest BCUT2D eigenvalue weighted by Gasteiger charge is 2.32. The average molecular weight is 623 g/mol. The predicted octanol–water partition coefficient (Wildman–Crippen LogP) is 6.21. The number of benzene rings is 3. The lowest BCUT2D eigenvalue weighted by atomic mass is 9.95. The number of rotatable bonds is 12. The summed E-state index contributed by atoms with van der Waals surface area (Å²) in [6.07, 6.45) is 6.69. The van der Waals surface area contributed by atoms with E-state index in [4.69, 9.17) is 21.1 Å². The summed E-state index contributed by atoms with van der Waals surface area (Å²) in [7, 11) is 0. The van der Waals surface area contributed by atoms with Gasteiger partial charge in [-0.2, -0.15) is 5.26 Å². The minimum atomic E-state index is -1.58. The second kappa shape index (κ2) is 13.7. The number of nitriles is 1. The fraction of sp³-hybridized carbons (Fsp3) is 0.200. The predicted molar refractivity (Wildman–Crippen MR) is 171 cm³/mol. The van der Waals surface area contributed by atoms with Gasteiger partial charge < -0.3 is 19.7 Å². The van der Waals surface area contributed by atoms with E-state index in [1.807, 2.05) is 24.4 Å². The van der Waals surface area contributed by atoms with Gasteiger partial charge in [-0.25, -0.2) is 0 Å². The van der Waals surface area contributed by atoms with E-state index >= 15 is 0 Å². The Bertz CT molecular complexity index is 1910. The molecule has 0 bridgehead atoms. The Morgan fingerprint density at radius 2 is 1.80 bits per heavy atom. The molecule has 5 aromatic rings. The highest BCUT2D eigenvalue weighted by Crippen LogP contribution is 2.35. The van der Waals surface area contributed by atoms with Crippen LogP contribution in [0.3, 0.4) is 0 Å². The number of carbonyl (C=O) groups is 1. The number of halogens is 1. The van der Waals surface area contributed by atoms with Crippen molar-refractivity contribution in [1.29, 1.82) is 5.26 Å². The first-order valence-corrected chi connectivity index (χ1v) is 14.5. The Morgan fingerprint density at radius 3 is 2.58 bits per heavy atom. The zero-order valence-electron chi connectivity index (χ0n) is 24.8. The topological polar surface area (TPSA) is 138 Å². The number of ether oxygens (including phenoxy) is 2. The summed E-state index contributed by atoms with van der Waals surface area (Å²) in [6, 6.07) is 21.4. The maximum Gasteiger partial charge on any atom is 0.326 e. The molecule has 2 heterocycles. The number of aliphatic hydroxyl groups is 1. The van der Waals surface area contributed by atoms with Gasteiger partial charge in [-0.05, 0) is 65.8 Å². The van der Waals surface area contributed by atoms with E-state index in [-0.39, 0.29) is 19.8 Å². The molecule has 0 saturated heterocycles. The van der Waals surface area contributed by atoms with Gasteiger partial charge in [0.25, 0.3) is 0 Å². The second-order valence-corrected chi connectivity index (χ2v) is 11.2. The quantitative estimate of drug-likeness (QED) is 0.148. The molecule has 0 saturated carbocycles. The van der Waals surface area contributed by atoms with Crippen molar-refractivity contribution in [3.05, 3.63) is 118 Å². The maximum absolute atomic E-state index is 11.7. The average Bonchev–Trinajstić information content (AvgIpc) is 3.06. The Morgan fingerprint density at radius 1 is 0.978 bits per heavy atom. The first-order chi connectivity index (χ1) is 21.7. The van der Waals surface area contributed by atoms with Crippen molar-refractivity contribution in [2.75, 3.05) is 6.61 Å². The number of carboxylic acid groups (broad SMARTS) is 1. The van der Waals surface area contributed by atoms with Gasteiger partial charge in [0.1, 0.15) is 36.3 Å². The van der Waals surface area contributed by atoms with E-state index in [0.29, 0.717) is 33.2 Å². The molecule has 2 aromatic heterocycles. The van der Waals surface area contributed by atoms with Crippen LogP contribution >= 0.6 is 11.6 Å². The first kappa shape index (κ1) is 31.4. The molecule has 0 radical (unpaired) electrons. The number of carboxylic acids is 1. The van der Waals surface area contributed by atoms with Gasteiger partial charge in [0.05, 0.1) is 17.2 Å². The van der Waals surface area contributed by atoms with E-state index < -0.39 is 18.1 Å². The zero-order valence-corrected chi connectivity index (χ0v) is 25.5. The molecule has 1 atom stereocenters. The van der Waals surface area contributed by atoms with Crippen molar-refractivity contribution in [2.24, 2.45) is 0 Å². The van der Waals surface area contributed by atoms with Crippen molar-refractivity contribution >= 4 is 28.3 Å². The van der Waals surface area contributed by atoms with Crippen LogP contribution in [0.2, 0.25) is 5.02 Å². The van der Waals surface area contributed by atoms with Gasteiger partial charge in [-0.15, -0.1) is 0 Å². The number of aromatic nitrogens is 2. The number of nitrogens with zero attached hydrogens (tertiary/aromatic N) is 3. The van der Waals surface area contributed by atoms with Gasteiger partial charge in [0.2, 0.25) is 0 Å². The summed E-state index contributed by atoms with van der Waals surface area (Å²) in [6.45, 7) is 3.19. The number of hydrogen-bond donors (Lipinski definition) is 3. The summed E-state index contributed by atoms with van der Waals surface area (Å²) in [5, 5.41) is 33.9. The summed E-state index contributed by atoms with van der Waals surface area (Å²) < 4.78 is 12.3. The lowest BCUT2D eigenvalue weighted by Crippen LogP contribution is -2.52. The minimum absolute atomic E-state index is 0.0393. The van der Waals surface area contributed by atoms with Gasteiger partial charge in [0, 0.05) is 53.9 Å². The molecule has 9 nitrogen and oxygen atoms in total. The summed E-state index contributed by atoms with van der Waals surface area (Å²) in [5.74, 6) is -0.426. The summed E-state index contributed by atoms with van der Waals surface area (Å²) >= 11 is 6.67. The Labute approximate surface area is 265 Å². The third-order valence-corrected chi connectivity index (χ3v) is 7.97. The van der Waals surface area contributed by atoms with E-state index in [1.165, 1.54) is 13.1 Å². The fourth-order valence-corrected chi connectivity index (χ4v) is 5.04. The lowest BCUT2D eigenvalue weighted by Gasteiger charge is -2.25. The van der Waals surface area contributed by atoms with E-state index in [9.17, 15) is 20.3 Å². The SMILES string of the molecule is Cc1c(COc2cc(OCc3cncc(C#N)c3)c(CNC(C)(CO)C(=O)O)cc2Cl)cccc1-c1ccc2ccncc2c1. The molecule has 0 fully saturated rings. The molecule has 0 aliphatic heterocycles. The fourth-order valence-electron chi connectivity index (χ4n) is 4.80. The number of hydrogen-bond acceptors (Lipinski definition) is 8. The molecule has 0 aliphatic carbocycles. The smallest absolute Gasteiger partial charge is 0.326 e. The molecule has 0 spiro atoms. The van der Waals surface area contributed by atoms with Crippen LogP contribution < -0.4 is 14.8 Å². The van der Waals surface area contributed by atoms with Crippen LogP contribution in [0.1, 0.15) is 34.7 Å². The van der Waals surface area contributed by atoms with Gasteiger partial charge in [-0.3, -0.25) is 20.1 Å². The van der Waals surface area contributed by atoms with E-state index in [2.05, 4.69) is 52.5 Å². The molecule has 5 rings (SSSR count). The summed E-state index contributed by atoms with van der Waals surface area (Å²) in [4.78, 5) is 20.1. The molecule has 3 N–H and O–H groups in total. The third kappa shape index (κ3) is 7.21. The van der Waals surface area contributed by atoms with Crippen molar-refractivity contribution < 1.29 is 24.5 Å². The Hall–Kier alpha value is -5.01. The molecule has 0 aliphatic rings. The van der Waals surface area contributed by atoms with Crippen LogP contribution in [0.5, 0.6) is 11.5 Å². The van der Waals surface area contributed by atoms with Gasteiger partial charge in [-0.1, -0.05) is 41.9 Å². The molecule has 0 amide bonds. The zero-order chi connectivity index (χ0) is 32.0. The van der Waals surface area contributed by atoms with E-state index in [1.54, 1.807) is 30.6 Å². The van der Waals surface area contributed by atoms with Crippen LogP contribution in [0.4, 0.5) is 0 Å². The monoisotopic (exact) mass is 622 g/mol. The van der Waals surface area contributed by atoms with Gasteiger partial charge >= 0.3 is 5.97 Å². The number of aliphatic hydroxyl groups excluding tert-OH is 1. The molecule has 10 heteroatoms. The third-order valence-electron chi connectivity index (χ3n) is 7.67. The molecule has 3 aromatic carbocycles. The lowest BCUT2D eigenvalue weighted by molar-refractivity contribution is -0.145. The van der Waals surface area contributed by atoms with Crippen molar-refractivity contribution in [3.8, 4) is 28.7 Å². The highest BCUT2D eigenvalue weighted by atomic mass is 35.5. The van der Waals surface area contributed by atoms with Crippen LogP contribution in [0, 0.1) is 18.3 Å². The minimum Gasteiger partial charge on any atom is -0.488 e. The van der Waals surface area contributed by atoms with Crippen molar-refractivity contribution in [1.82, 2.24) is 15.3 Å². The molecule has 1 unspecified atom stereocenters. The normalized spacial score (nSPS) is 12.3. The number of aliphatic carboxylic acids is 1. The molecule has 45 heavy (non-hydrogen) atoms. The van der Waals surface area contributed by atoms with Crippen molar-refractivity contribution in [2.45, 2.75) is 39.1 Å². The van der Waals surface area contributed by atoms with E-state index in [0.717, 1.165) is 33.0 Å². The summed E-state index contributed by atoms with van der Waals surface area (Å²) in [5.41, 5.74) is 4.25. The molecular formula is C35H31ClN4O5. The molecular weight excluding hydrogens is 592 g/mol. The largest absolute Gasteiger partial charge is 0.488 e. The second-order valence-electron chi connectivity index (χ2n) is 10.8. The Kier molecular flexibility index (Phi) is 9.59. The van der Waals surface area contributed by atoms with Crippen LogP contribution in [-0.4, -0.2) is 38.3 Å². The number of fused-ring (bicyclic) bond motifs is 1. The molecule has 228 valence electrons. The number of nitrogens with one attached hydrogen (secondary N) is 1. The maximum atomic E-state index is 11.7. The highest BCUT2D eigenvalue weighted by molar-refractivity contribution is 6.32. The van der Waals surface area contributed by atoms with Crippen molar-refractivity contribution in [3.63, 3.8) is 0 Å². The van der Waals surface area contributed by atoms with Crippen LogP contribution in [0.15, 0.2) is 85.5 Å². The van der Waals surface area contributed by atoms with Crippen LogP contribution in [0.25, 0.3) is 21.9 Å². The van der Waals surface area contributed by atoms with Gasteiger partial charge in [0.15, 0.2) is 0 Å². The van der Waals surface area contributed by atoms with Crippen LogP contribution in [-0.2, 0) is 24.6 Å². The first-order valence-electron chi connectivity index (χ1n) is 14.1. The Balaban J connectivity index is 1.40. The number of pyridine rings is 2. The standard InChI is InChI=1S/C35H31ClN4O5/c1-22-27(4-3-5-30(22)26-7-6-25-8-9-38-17-28(25)11-26)20-45-33-13-32(44-19-24-10-23(14-37)15-39-16-24)29(12-31(33)36)18-40-35(2,21-41)34(42)43/h3-13,15-17,40-41H,18-21H2,1-2H3,(H,42,43).